The Morgan fingerprint density at radius 1 is 1.71 bits per heavy atom. The maximum Gasteiger partial charge on any atom is 0.305 e. The van der Waals surface area contributed by atoms with Crippen molar-refractivity contribution in [3.8, 4) is 0 Å². The molecule has 0 fully saturated rings. The molecular formula is C9H10N2O3. The summed E-state index contributed by atoms with van der Waals surface area (Å²) in [6.07, 6.45) is 2.85. The zero-order valence-corrected chi connectivity index (χ0v) is 7.51. The van der Waals surface area contributed by atoms with Crippen LogP contribution >= 0.6 is 0 Å². The number of hydrogen-bond acceptors (Lipinski definition) is 3. The molecule has 0 aromatic carbocycles. The first-order valence-electron chi connectivity index (χ1n) is 4.46. The molecule has 1 aromatic heterocycles. The molecule has 0 radical (unpaired) electrons. The van der Waals surface area contributed by atoms with E-state index in [1.807, 2.05) is 0 Å². The monoisotopic (exact) mass is 194 g/mol. The van der Waals surface area contributed by atoms with Crippen LogP contribution in [0.15, 0.2) is 17.1 Å². The summed E-state index contributed by atoms with van der Waals surface area (Å²) in [6.45, 7) is 0. The third-order valence-electron chi connectivity index (χ3n) is 2.43. The number of aromatic nitrogens is 2. The third kappa shape index (κ3) is 1.41. The van der Waals surface area contributed by atoms with E-state index in [2.05, 4.69) is 4.98 Å². The van der Waals surface area contributed by atoms with Crippen molar-refractivity contribution in [1.82, 2.24) is 9.55 Å². The lowest BCUT2D eigenvalue weighted by atomic mass is 10.1. The first-order valence-corrected chi connectivity index (χ1v) is 4.46. The van der Waals surface area contributed by atoms with Crippen LogP contribution in [0.1, 0.15) is 24.7 Å². The van der Waals surface area contributed by atoms with Crippen LogP contribution < -0.4 is 5.56 Å². The fourth-order valence-corrected chi connectivity index (χ4v) is 1.85. The molecular weight excluding hydrogens is 184 g/mol. The number of carboxylic acids is 1. The van der Waals surface area contributed by atoms with Crippen molar-refractivity contribution in [3.05, 3.63) is 28.4 Å². The van der Waals surface area contributed by atoms with Crippen LogP contribution in [0.25, 0.3) is 0 Å². The van der Waals surface area contributed by atoms with Crippen molar-refractivity contribution in [1.29, 1.82) is 0 Å². The topological polar surface area (TPSA) is 72.2 Å². The van der Waals surface area contributed by atoms with Crippen LogP contribution in [0.2, 0.25) is 0 Å². The van der Waals surface area contributed by atoms with Crippen molar-refractivity contribution >= 4 is 5.97 Å². The summed E-state index contributed by atoms with van der Waals surface area (Å²) < 4.78 is 1.49. The second kappa shape index (κ2) is 3.25. The minimum absolute atomic E-state index is 0.00139. The Morgan fingerprint density at radius 3 is 3.21 bits per heavy atom. The zero-order valence-electron chi connectivity index (χ0n) is 7.51. The number of hydrogen-bond donors (Lipinski definition) is 1. The maximum atomic E-state index is 11.4. The molecule has 1 aromatic rings. The summed E-state index contributed by atoms with van der Waals surface area (Å²) in [5.41, 5.74) is -0.154. The lowest BCUT2D eigenvalue weighted by Gasteiger charge is -2.10. The largest absolute Gasteiger partial charge is 0.481 e. The minimum Gasteiger partial charge on any atom is -0.481 e. The Bertz CT molecular complexity index is 424. The molecule has 0 saturated heterocycles. The van der Waals surface area contributed by atoms with Gasteiger partial charge in [-0.2, -0.15) is 0 Å². The summed E-state index contributed by atoms with van der Waals surface area (Å²) in [4.78, 5) is 26.0. The molecule has 0 aliphatic carbocycles. The normalized spacial score (nSPS) is 19.3. The SMILES string of the molecule is O=C(O)C[C@@H]1CCc2nccc(=O)n21. The fraction of sp³-hybridized carbons (Fsp3) is 0.444. The first-order chi connectivity index (χ1) is 6.68. The highest BCUT2D eigenvalue weighted by Gasteiger charge is 2.25. The molecule has 5 nitrogen and oxygen atoms in total. The van der Waals surface area contributed by atoms with E-state index in [1.165, 1.54) is 16.8 Å². The van der Waals surface area contributed by atoms with Gasteiger partial charge in [0.2, 0.25) is 0 Å². The smallest absolute Gasteiger partial charge is 0.305 e. The van der Waals surface area contributed by atoms with Gasteiger partial charge in [0.15, 0.2) is 0 Å². The van der Waals surface area contributed by atoms with Gasteiger partial charge in [-0.1, -0.05) is 0 Å². The summed E-state index contributed by atoms with van der Waals surface area (Å²) in [6, 6.07) is 1.15. The van der Waals surface area contributed by atoms with Gasteiger partial charge in [-0.05, 0) is 6.42 Å². The van der Waals surface area contributed by atoms with Gasteiger partial charge in [0.1, 0.15) is 5.82 Å². The van der Waals surface area contributed by atoms with E-state index in [9.17, 15) is 9.59 Å². The van der Waals surface area contributed by atoms with E-state index in [1.54, 1.807) is 0 Å². The minimum atomic E-state index is -0.876. The van der Waals surface area contributed by atoms with Crippen LogP contribution in [0.5, 0.6) is 0 Å². The van der Waals surface area contributed by atoms with Crippen LogP contribution in [-0.2, 0) is 11.2 Å². The number of rotatable bonds is 2. The van der Waals surface area contributed by atoms with Gasteiger partial charge >= 0.3 is 5.97 Å². The van der Waals surface area contributed by atoms with Crippen molar-refractivity contribution in [2.45, 2.75) is 25.3 Å². The lowest BCUT2D eigenvalue weighted by molar-refractivity contribution is -0.137. The number of aliphatic carboxylic acids is 1. The Kier molecular flexibility index (Phi) is 2.07. The molecule has 0 amide bonds. The van der Waals surface area contributed by atoms with Crippen molar-refractivity contribution in [2.24, 2.45) is 0 Å². The molecule has 0 unspecified atom stereocenters. The molecule has 1 N–H and O–H groups in total. The van der Waals surface area contributed by atoms with Gasteiger partial charge in [-0.15, -0.1) is 0 Å². The Morgan fingerprint density at radius 2 is 2.50 bits per heavy atom. The summed E-state index contributed by atoms with van der Waals surface area (Å²) in [5, 5.41) is 8.65. The summed E-state index contributed by atoms with van der Waals surface area (Å²) >= 11 is 0. The predicted molar refractivity (Wildman–Crippen MR) is 48.1 cm³/mol. The van der Waals surface area contributed by atoms with Gasteiger partial charge in [-0.25, -0.2) is 4.98 Å². The second-order valence-electron chi connectivity index (χ2n) is 3.36. The van der Waals surface area contributed by atoms with Gasteiger partial charge in [0, 0.05) is 24.7 Å². The molecule has 1 aliphatic heterocycles. The highest BCUT2D eigenvalue weighted by molar-refractivity contribution is 5.67. The van der Waals surface area contributed by atoms with Gasteiger partial charge in [0.05, 0.1) is 6.42 Å². The molecule has 1 atom stereocenters. The molecule has 5 heteroatoms. The molecule has 1 aliphatic rings. The number of carboxylic acid groups (broad SMARTS) is 1. The quantitative estimate of drug-likeness (QED) is 0.730. The highest BCUT2D eigenvalue weighted by Crippen LogP contribution is 2.24. The van der Waals surface area contributed by atoms with Gasteiger partial charge < -0.3 is 5.11 Å². The van der Waals surface area contributed by atoms with Crippen molar-refractivity contribution < 1.29 is 9.90 Å². The maximum absolute atomic E-state index is 11.4. The molecule has 2 heterocycles. The molecule has 74 valence electrons. The van der Waals surface area contributed by atoms with E-state index in [4.69, 9.17) is 5.11 Å². The molecule has 14 heavy (non-hydrogen) atoms. The standard InChI is InChI=1S/C9H10N2O3/c12-8-3-4-10-7-2-1-6(11(7)8)5-9(13)14/h3-4,6H,1-2,5H2,(H,13,14)/t6-/m0/s1. The Hall–Kier alpha value is -1.65. The molecule has 0 saturated carbocycles. The number of carbonyl (C=O) groups is 1. The van der Waals surface area contributed by atoms with E-state index in [0.29, 0.717) is 18.7 Å². The van der Waals surface area contributed by atoms with Crippen LogP contribution in [-0.4, -0.2) is 20.6 Å². The van der Waals surface area contributed by atoms with E-state index in [-0.39, 0.29) is 18.0 Å². The van der Waals surface area contributed by atoms with Gasteiger partial charge in [-0.3, -0.25) is 14.2 Å². The number of nitrogens with zero attached hydrogens (tertiary/aromatic N) is 2. The van der Waals surface area contributed by atoms with Crippen LogP contribution in [0.4, 0.5) is 0 Å². The molecule has 2 rings (SSSR count). The Labute approximate surface area is 80.0 Å². The third-order valence-corrected chi connectivity index (χ3v) is 2.43. The van der Waals surface area contributed by atoms with Crippen LogP contribution in [0, 0.1) is 0 Å². The molecule has 0 bridgehead atoms. The Balaban J connectivity index is 2.38. The van der Waals surface area contributed by atoms with E-state index in [0.717, 1.165) is 0 Å². The lowest BCUT2D eigenvalue weighted by Crippen LogP contribution is -2.24. The van der Waals surface area contributed by atoms with E-state index >= 15 is 0 Å². The van der Waals surface area contributed by atoms with Crippen LogP contribution in [0.3, 0.4) is 0 Å². The fourth-order valence-electron chi connectivity index (χ4n) is 1.85. The molecule has 0 spiro atoms. The average Bonchev–Trinajstić information content (AvgIpc) is 2.49. The number of aryl methyl sites for hydroxylation is 1. The predicted octanol–water partition coefficient (Wildman–Crippen LogP) is 0.205. The summed E-state index contributed by atoms with van der Waals surface area (Å²) in [7, 11) is 0. The van der Waals surface area contributed by atoms with Crippen molar-refractivity contribution in [3.63, 3.8) is 0 Å². The first kappa shape index (κ1) is 8.93. The van der Waals surface area contributed by atoms with Gasteiger partial charge in [0.25, 0.3) is 5.56 Å². The summed E-state index contributed by atoms with van der Waals surface area (Å²) in [5.74, 6) is -0.178. The van der Waals surface area contributed by atoms with E-state index < -0.39 is 5.97 Å². The zero-order chi connectivity index (χ0) is 10.1. The van der Waals surface area contributed by atoms with Crippen molar-refractivity contribution in [2.75, 3.05) is 0 Å². The second-order valence-corrected chi connectivity index (χ2v) is 3.36. The highest BCUT2D eigenvalue weighted by atomic mass is 16.4. The number of fused-ring (bicyclic) bond motifs is 1. The average molecular weight is 194 g/mol.